The van der Waals surface area contributed by atoms with Crippen LogP contribution >= 0.6 is 11.6 Å². The first-order chi connectivity index (χ1) is 21.8. The van der Waals surface area contributed by atoms with Gasteiger partial charge in [0.2, 0.25) is 0 Å². The van der Waals surface area contributed by atoms with Crippen LogP contribution in [0.3, 0.4) is 0 Å². The smallest absolute Gasteiger partial charge is 0.329 e. The quantitative estimate of drug-likeness (QED) is 0.248. The molecule has 1 aromatic heterocycles. The van der Waals surface area contributed by atoms with E-state index < -0.39 is 11.5 Å². The number of fused-ring (bicyclic) bond motifs is 3. The van der Waals surface area contributed by atoms with E-state index in [4.69, 9.17) is 16.3 Å². The minimum Gasteiger partial charge on any atom is -0.493 e. The Hall–Kier alpha value is -3.25. The summed E-state index contributed by atoms with van der Waals surface area (Å²) < 4.78 is 6.57. The maximum atomic E-state index is 12.9. The molecule has 7 rings (SSSR count). The predicted molar refractivity (Wildman–Crippen MR) is 181 cm³/mol. The molecule has 2 fully saturated rings. The first-order valence-electron chi connectivity index (χ1n) is 17.0. The van der Waals surface area contributed by atoms with Crippen LogP contribution in [0.15, 0.2) is 54.7 Å². The Morgan fingerprint density at radius 1 is 1.13 bits per heavy atom. The number of nitrogens with zero attached hydrogens (tertiary/aromatic N) is 2. The molecule has 3 atom stereocenters. The number of anilines is 2. The summed E-state index contributed by atoms with van der Waals surface area (Å²) in [4.78, 5) is 20.0. The lowest BCUT2D eigenvalue weighted by atomic mass is 9.59. The number of aromatic nitrogens is 1. The second-order valence-electron chi connectivity index (χ2n) is 14.4. The van der Waals surface area contributed by atoms with Gasteiger partial charge in [-0.05, 0) is 135 Å². The zero-order valence-corrected chi connectivity index (χ0v) is 27.4. The van der Waals surface area contributed by atoms with Gasteiger partial charge in [0.1, 0.15) is 11.3 Å². The molecule has 2 N–H and O–H groups in total. The standard InChI is InChI=1S/C38H46ClN3O3/c1-25(24-45-34-12-17-40-33-9-3-6-26(2)35(33)34)20-28-21-27-10-11-31(42-18-5-19-42)23-32(27)37(28)13-15-38(16-14-37,36(43)44)41-30-8-4-7-29(39)22-30/h4,7-8,10-12,17,22-23,25-26,28,41H,3,5-6,9,13-16,18-21,24H2,1-2H3,(H,43,44)/t25-,26-,28-,37?,38?/m1/s1. The van der Waals surface area contributed by atoms with Gasteiger partial charge in [-0.3, -0.25) is 4.98 Å². The van der Waals surface area contributed by atoms with Gasteiger partial charge in [-0.2, -0.15) is 0 Å². The Morgan fingerprint density at radius 3 is 2.69 bits per heavy atom. The maximum absolute atomic E-state index is 12.9. The average molecular weight is 628 g/mol. The van der Waals surface area contributed by atoms with Crippen molar-refractivity contribution in [3.8, 4) is 5.75 Å². The topological polar surface area (TPSA) is 74.7 Å². The van der Waals surface area contributed by atoms with Gasteiger partial charge in [-0.1, -0.05) is 37.6 Å². The van der Waals surface area contributed by atoms with Gasteiger partial charge in [0.15, 0.2) is 0 Å². The number of ether oxygens (including phenoxy) is 1. The summed E-state index contributed by atoms with van der Waals surface area (Å²) in [6.45, 7) is 7.54. The third-order valence-electron chi connectivity index (χ3n) is 11.5. The first-order valence-corrected chi connectivity index (χ1v) is 17.4. The number of hydrogen-bond acceptors (Lipinski definition) is 5. The van der Waals surface area contributed by atoms with Crippen LogP contribution in [0.1, 0.15) is 93.5 Å². The van der Waals surface area contributed by atoms with E-state index >= 15 is 0 Å². The van der Waals surface area contributed by atoms with Gasteiger partial charge < -0.3 is 20.1 Å². The highest BCUT2D eigenvalue weighted by Gasteiger charge is 2.54. The minimum absolute atomic E-state index is 0.0379. The number of pyridine rings is 1. The third-order valence-corrected chi connectivity index (χ3v) is 11.7. The number of rotatable bonds is 9. The van der Waals surface area contributed by atoms with Crippen LogP contribution < -0.4 is 15.0 Å². The second kappa shape index (κ2) is 12.2. The fourth-order valence-corrected chi connectivity index (χ4v) is 9.05. The van der Waals surface area contributed by atoms with E-state index in [1.165, 1.54) is 47.3 Å². The van der Waals surface area contributed by atoms with Gasteiger partial charge >= 0.3 is 5.97 Å². The number of aryl methyl sites for hydroxylation is 1. The van der Waals surface area contributed by atoms with Crippen molar-refractivity contribution in [3.05, 3.63) is 82.1 Å². The van der Waals surface area contributed by atoms with Crippen LogP contribution in [0.5, 0.6) is 5.75 Å². The molecule has 1 saturated carbocycles. The molecular weight excluding hydrogens is 582 g/mol. The van der Waals surface area contributed by atoms with Crippen LogP contribution in [0.25, 0.3) is 0 Å². The lowest BCUT2D eigenvalue weighted by Gasteiger charge is -2.47. The monoisotopic (exact) mass is 627 g/mol. The third kappa shape index (κ3) is 5.68. The van der Waals surface area contributed by atoms with Gasteiger partial charge in [-0.15, -0.1) is 0 Å². The molecule has 3 aliphatic carbocycles. The number of carbonyl (C=O) groups is 1. The minimum atomic E-state index is -1.01. The van der Waals surface area contributed by atoms with Crippen molar-refractivity contribution in [3.63, 3.8) is 0 Å². The molecule has 238 valence electrons. The van der Waals surface area contributed by atoms with Crippen molar-refractivity contribution in [2.24, 2.45) is 11.8 Å². The Kier molecular flexibility index (Phi) is 8.22. The van der Waals surface area contributed by atoms with Crippen molar-refractivity contribution in [2.75, 3.05) is 29.9 Å². The molecule has 1 spiro atoms. The summed E-state index contributed by atoms with van der Waals surface area (Å²) in [5, 5.41) is 14.6. The number of halogens is 1. The van der Waals surface area contributed by atoms with E-state index in [1.54, 1.807) is 0 Å². The number of carboxylic acids is 1. The molecule has 0 radical (unpaired) electrons. The number of carboxylic acid groups (broad SMARTS) is 1. The average Bonchev–Trinajstić information content (AvgIpc) is 3.28. The lowest BCUT2D eigenvalue weighted by Crippen LogP contribution is -2.53. The van der Waals surface area contributed by atoms with Crippen molar-refractivity contribution in [2.45, 2.75) is 94.9 Å². The van der Waals surface area contributed by atoms with E-state index in [0.29, 0.717) is 42.2 Å². The van der Waals surface area contributed by atoms with Gasteiger partial charge in [0, 0.05) is 46.9 Å². The Morgan fingerprint density at radius 2 is 1.96 bits per heavy atom. The van der Waals surface area contributed by atoms with Gasteiger partial charge in [0.25, 0.3) is 0 Å². The van der Waals surface area contributed by atoms with Crippen LogP contribution in [-0.4, -0.2) is 41.3 Å². The van der Waals surface area contributed by atoms with Crippen LogP contribution in [-0.2, 0) is 23.1 Å². The molecule has 2 aromatic carbocycles. The fraction of sp³-hybridized carbons (Fsp3) is 0.526. The largest absolute Gasteiger partial charge is 0.493 e. The number of hydrogen-bond donors (Lipinski definition) is 2. The molecule has 1 saturated heterocycles. The normalized spacial score (nSPS) is 27.8. The van der Waals surface area contributed by atoms with E-state index in [-0.39, 0.29) is 5.41 Å². The highest BCUT2D eigenvalue weighted by atomic mass is 35.5. The molecular formula is C38H46ClN3O3. The second-order valence-corrected chi connectivity index (χ2v) is 14.8. The summed E-state index contributed by atoms with van der Waals surface area (Å²) in [7, 11) is 0. The number of nitrogens with one attached hydrogen (secondary N) is 1. The summed E-state index contributed by atoms with van der Waals surface area (Å²) in [6.07, 6.45) is 11.5. The molecule has 0 unspecified atom stereocenters. The summed E-state index contributed by atoms with van der Waals surface area (Å²) >= 11 is 6.27. The molecule has 6 nitrogen and oxygen atoms in total. The molecule has 4 aliphatic rings. The van der Waals surface area contributed by atoms with Gasteiger partial charge in [-0.25, -0.2) is 4.79 Å². The van der Waals surface area contributed by atoms with E-state index in [9.17, 15) is 9.90 Å². The van der Waals surface area contributed by atoms with Crippen molar-refractivity contribution >= 4 is 28.9 Å². The summed E-state index contributed by atoms with van der Waals surface area (Å²) in [5.74, 6) is 1.53. The van der Waals surface area contributed by atoms with Gasteiger partial charge in [0.05, 0.1) is 6.61 Å². The van der Waals surface area contributed by atoms with Crippen LogP contribution in [0, 0.1) is 11.8 Å². The SMILES string of the molecule is C[C@@H](COc1ccnc2c1[C@H](C)CCC2)C[C@@H]1Cc2ccc(N3CCC3)cc2C12CCC(Nc1cccc(Cl)c1)(C(=O)O)CC2. The van der Waals surface area contributed by atoms with Crippen LogP contribution in [0.4, 0.5) is 11.4 Å². The van der Waals surface area contributed by atoms with E-state index in [1.807, 2.05) is 30.5 Å². The number of benzene rings is 2. The summed E-state index contributed by atoms with van der Waals surface area (Å²) in [6, 6.07) is 16.6. The van der Waals surface area contributed by atoms with Crippen molar-refractivity contribution in [1.82, 2.24) is 4.98 Å². The Bertz CT molecular complexity index is 1560. The fourth-order valence-electron chi connectivity index (χ4n) is 8.86. The summed E-state index contributed by atoms with van der Waals surface area (Å²) in [5.41, 5.74) is 6.46. The highest BCUT2D eigenvalue weighted by molar-refractivity contribution is 6.30. The zero-order valence-electron chi connectivity index (χ0n) is 26.7. The first kappa shape index (κ1) is 30.4. The predicted octanol–water partition coefficient (Wildman–Crippen LogP) is 8.41. The number of aliphatic carboxylic acids is 1. The van der Waals surface area contributed by atoms with Crippen molar-refractivity contribution < 1.29 is 14.6 Å². The zero-order chi connectivity index (χ0) is 31.2. The Balaban J connectivity index is 1.13. The molecule has 3 aromatic rings. The van der Waals surface area contributed by atoms with E-state index in [0.717, 1.165) is 56.6 Å². The van der Waals surface area contributed by atoms with E-state index in [2.05, 4.69) is 53.3 Å². The maximum Gasteiger partial charge on any atom is 0.329 e. The lowest BCUT2D eigenvalue weighted by molar-refractivity contribution is -0.144. The molecule has 7 heteroatoms. The molecule has 0 amide bonds. The molecule has 45 heavy (non-hydrogen) atoms. The van der Waals surface area contributed by atoms with Crippen LogP contribution in [0.2, 0.25) is 5.02 Å². The highest BCUT2D eigenvalue weighted by Crippen LogP contribution is 2.57. The molecule has 2 heterocycles. The molecule has 0 bridgehead atoms. The Labute approximate surface area is 272 Å². The van der Waals surface area contributed by atoms with Crippen molar-refractivity contribution in [1.29, 1.82) is 0 Å². The molecule has 1 aliphatic heterocycles.